The van der Waals surface area contributed by atoms with Crippen molar-refractivity contribution in [3.05, 3.63) is 53.4 Å². The number of anilines is 1. The van der Waals surface area contributed by atoms with Gasteiger partial charge in [0.2, 0.25) is 0 Å². The molecule has 0 unspecified atom stereocenters. The first-order valence-corrected chi connectivity index (χ1v) is 12.6. The summed E-state index contributed by atoms with van der Waals surface area (Å²) in [6, 6.07) is 8.53. The Kier molecular flexibility index (Phi) is 5.94. The largest absolute Gasteiger partial charge is 0.387 e. The number of nitrogens with zero attached hydrogens (tertiary/aromatic N) is 3. The number of aliphatic hydroxyl groups excluding tert-OH is 2. The molecule has 2 saturated heterocycles. The zero-order chi connectivity index (χ0) is 24.3. The molecule has 5 N–H and O–H groups in total. The lowest BCUT2D eigenvalue weighted by molar-refractivity contribution is -0.0973. The monoisotopic (exact) mass is 510 g/mol. The van der Waals surface area contributed by atoms with E-state index in [2.05, 4.69) is 9.97 Å². The fraction of sp³-hybridized carbons (Fsp3) is 0.429. The minimum absolute atomic E-state index is 0.0482. The molecule has 0 aliphatic carbocycles. The number of ether oxygens (including phenoxy) is 1. The molecular formula is C21H24ClN4O7P. The Morgan fingerprint density at radius 2 is 2.15 bits per heavy atom. The average Bonchev–Trinajstić information content (AvgIpc) is 3.33. The zero-order valence-electron chi connectivity index (χ0n) is 18.1. The highest BCUT2D eigenvalue weighted by Gasteiger charge is 2.60. The molecule has 2 aliphatic heterocycles. The Morgan fingerprint density at radius 1 is 1.35 bits per heavy atom. The fourth-order valence-electron chi connectivity index (χ4n) is 4.40. The molecule has 0 spiro atoms. The number of benzene rings is 1. The summed E-state index contributed by atoms with van der Waals surface area (Å²) in [5.74, 6) is -1.64. The Balaban J connectivity index is 1.43. The van der Waals surface area contributed by atoms with Gasteiger partial charge in [0.25, 0.3) is 0 Å². The molecule has 0 amide bonds. The summed E-state index contributed by atoms with van der Waals surface area (Å²) in [7, 11) is -4.18. The number of rotatable bonds is 4. The van der Waals surface area contributed by atoms with Crippen LogP contribution in [0, 0.1) is 0 Å². The molecule has 11 nitrogen and oxygen atoms in total. The summed E-state index contributed by atoms with van der Waals surface area (Å²) in [6.07, 6.45) is -1.72. The lowest BCUT2D eigenvalue weighted by Gasteiger charge is -2.35. The van der Waals surface area contributed by atoms with Gasteiger partial charge >= 0.3 is 7.60 Å². The van der Waals surface area contributed by atoms with E-state index >= 15 is 0 Å². The topological polar surface area (TPSA) is 162 Å². The molecule has 1 aromatic carbocycles. The third-order valence-corrected chi connectivity index (χ3v) is 8.52. The second-order valence-corrected chi connectivity index (χ2v) is 11.1. The number of hydrogen-bond donors (Lipinski definition) is 4. The van der Waals surface area contributed by atoms with E-state index in [0.29, 0.717) is 28.0 Å². The molecule has 34 heavy (non-hydrogen) atoms. The van der Waals surface area contributed by atoms with E-state index in [1.807, 2.05) is 0 Å². The van der Waals surface area contributed by atoms with Crippen LogP contribution in [0.15, 0.2) is 42.9 Å². The van der Waals surface area contributed by atoms with E-state index in [9.17, 15) is 19.9 Å². The van der Waals surface area contributed by atoms with Crippen molar-refractivity contribution in [1.29, 1.82) is 0 Å². The Hall–Kier alpha value is -2.08. The van der Waals surface area contributed by atoms with Gasteiger partial charge < -0.3 is 34.9 Å². The van der Waals surface area contributed by atoms with Crippen LogP contribution in [0.2, 0.25) is 5.02 Å². The maximum atomic E-state index is 13.6. The van der Waals surface area contributed by atoms with Crippen LogP contribution in [0.3, 0.4) is 0 Å². The van der Waals surface area contributed by atoms with Crippen molar-refractivity contribution >= 4 is 36.0 Å². The number of hydrogen-bond acceptors (Lipinski definition) is 10. The smallest absolute Gasteiger partial charge is 0.362 e. The van der Waals surface area contributed by atoms with Crippen LogP contribution in [0.1, 0.15) is 31.2 Å². The maximum Gasteiger partial charge on any atom is 0.362 e. The van der Waals surface area contributed by atoms with Crippen molar-refractivity contribution in [3.63, 3.8) is 0 Å². The highest BCUT2D eigenvalue weighted by atomic mass is 35.5. The molecular weight excluding hydrogens is 487 g/mol. The van der Waals surface area contributed by atoms with E-state index in [1.165, 1.54) is 17.8 Å². The molecule has 2 fully saturated rings. The molecule has 0 bridgehead atoms. The summed E-state index contributed by atoms with van der Waals surface area (Å²) >= 11 is 6.06. The van der Waals surface area contributed by atoms with Gasteiger partial charge in [0.15, 0.2) is 12.1 Å². The van der Waals surface area contributed by atoms with Gasteiger partial charge in [0.1, 0.15) is 35.6 Å². The van der Waals surface area contributed by atoms with Crippen molar-refractivity contribution in [2.45, 2.75) is 49.3 Å². The minimum atomic E-state index is -4.18. The molecule has 7 atom stereocenters. The van der Waals surface area contributed by atoms with E-state index < -0.39 is 43.6 Å². The highest BCUT2D eigenvalue weighted by molar-refractivity contribution is 7.54. The molecule has 3 aromatic rings. The summed E-state index contributed by atoms with van der Waals surface area (Å²) in [6.45, 7) is 1.39. The van der Waals surface area contributed by atoms with Gasteiger partial charge in [-0.05, 0) is 30.7 Å². The molecule has 4 heterocycles. The van der Waals surface area contributed by atoms with Crippen LogP contribution in [-0.2, 0) is 18.3 Å². The number of fused-ring (bicyclic) bond motifs is 1. The van der Waals surface area contributed by atoms with Gasteiger partial charge in [-0.3, -0.25) is 9.09 Å². The summed E-state index contributed by atoms with van der Waals surface area (Å²) < 4.78 is 32.0. The van der Waals surface area contributed by atoms with Crippen molar-refractivity contribution in [2.75, 3.05) is 12.3 Å². The zero-order valence-corrected chi connectivity index (χ0v) is 19.7. The predicted octanol–water partition coefficient (Wildman–Crippen LogP) is 2.37. The second-order valence-electron chi connectivity index (χ2n) is 8.57. The van der Waals surface area contributed by atoms with Crippen LogP contribution in [-0.4, -0.2) is 60.1 Å². The number of aromatic nitrogens is 3. The molecule has 0 saturated carbocycles. The first-order valence-electron chi connectivity index (χ1n) is 10.6. The Bertz CT molecular complexity index is 1270. The second kappa shape index (κ2) is 8.54. The Morgan fingerprint density at radius 3 is 2.91 bits per heavy atom. The standard InChI is InChI=1S/C21H24ClN4O7P/c1-21(29)16(27)15(32-20(21)26-7-5-13-17(23)24-10-25-18(13)26)19(28)34(30)31-8-6-14(33-34)11-3-2-4-12(22)9-11/h2-5,7,9-10,14-16,19-20,27-29H,6,8H2,1H3,(H2,23,24,25)/t14-,15-,16+,19-,20+,21+,34+/m0/s1. The molecule has 0 radical (unpaired) electrons. The van der Waals surface area contributed by atoms with Crippen molar-refractivity contribution in [2.24, 2.45) is 0 Å². The maximum absolute atomic E-state index is 13.6. The van der Waals surface area contributed by atoms with Crippen LogP contribution in [0.4, 0.5) is 5.82 Å². The number of halogens is 1. The Labute approximate surface area is 199 Å². The SMILES string of the molecule is C[C@@]1(O)[C@H](O)[C@@H]([C@@H](O)[P@@]2(=O)OCC[C@@H](c3cccc(Cl)c3)O2)O[C@H]1n1ccc2c(N)ncnc21. The van der Waals surface area contributed by atoms with E-state index in [1.54, 1.807) is 36.5 Å². The van der Waals surface area contributed by atoms with Crippen LogP contribution in [0.5, 0.6) is 0 Å². The number of aliphatic hydroxyl groups is 3. The molecule has 2 aromatic heterocycles. The predicted molar refractivity (Wildman–Crippen MR) is 122 cm³/mol. The quantitative estimate of drug-likeness (QED) is 0.383. The minimum Gasteiger partial charge on any atom is -0.387 e. The van der Waals surface area contributed by atoms with Crippen molar-refractivity contribution < 1.29 is 33.7 Å². The first-order chi connectivity index (χ1) is 16.1. The summed E-state index contributed by atoms with van der Waals surface area (Å²) in [5.41, 5.74) is 5.04. The average molecular weight is 511 g/mol. The summed E-state index contributed by atoms with van der Waals surface area (Å²) in [4.78, 5) is 8.11. The lowest BCUT2D eigenvalue weighted by atomic mass is 9.96. The first kappa shape index (κ1) is 23.7. The molecule has 13 heteroatoms. The van der Waals surface area contributed by atoms with Gasteiger partial charge in [0.05, 0.1) is 18.1 Å². The molecule has 2 aliphatic rings. The molecule has 182 valence electrons. The van der Waals surface area contributed by atoms with E-state index in [4.69, 9.17) is 31.1 Å². The van der Waals surface area contributed by atoms with Crippen molar-refractivity contribution in [1.82, 2.24) is 14.5 Å². The highest BCUT2D eigenvalue weighted by Crippen LogP contribution is 2.61. The summed E-state index contributed by atoms with van der Waals surface area (Å²) in [5, 5.41) is 34.1. The normalized spacial score (nSPS) is 35.0. The van der Waals surface area contributed by atoms with Crippen LogP contribution < -0.4 is 5.73 Å². The third-order valence-electron chi connectivity index (χ3n) is 6.25. The van der Waals surface area contributed by atoms with E-state index in [-0.39, 0.29) is 12.4 Å². The fourth-order valence-corrected chi connectivity index (χ4v) is 6.47. The number of nitrogen functional groups attached to an aromatic ring is 1. The van der Waals surface area contributed by atoms with Gasteiger partial charge in [-0.2, -0.15) is 0 Å². The van der Waals surface area contributed by atoms with E-state index in [0.717, 1.165) is 0 Å². The lowest BCUT2D eigenvalue weighted by Crippen LogP contribution is -2.46. The van der Waals surface area contributed by atoms with Crippen LogP contribution in [0.25, 0.3) is 11.0 Å². The van der Waals surface area contributed by atoms with Gasteiger partial charge in [-0.25, -0.2) is 9.97 Å². The van der Waals surface area contributed by atoms with Crippen molar-refractivity contribution in [3.8, 4) is 0 Å². The number of nitrogens with two attached hydrogens (primary N) is 1. The van der Waals surface area contributed by atoms with Gasteiger partial charge in [-0.15, -0.1) is 0 Å². The molecule has 5 rings (SSSR count). The van der Waals surface area contributed by atoms with Crippen LogP contribution >= 0.6 is 19.2 Å². The third kappa shape index (κ3) is 3.82. The van der Waals surface area contributed by atoms with Gasteiger partial charge in [0, 0.05) is 17.6 Å². The van der Waals surface area contributed by atoms with Gasteiger partial charge in [-0.1, -0.05) is 23.7 Å².